The second-order valence-corrected chi connectivity index (χ2v) is 8.55. The normalized spacial score (nSPS) is 11.7. The number of benzene rings is 2. The molecule has 0 aliphatic rings. The third-order valence-corrected chi connectivity index (χ3v) is 5.93. The van der Waals surface area contributed by atoms with Gasteiger partial charge >= 0.3 is 0 Å². The van der Waals surface area contributed by atoms with Crippen LogP contribution in [-0.4, -0.2) is 26.9 Å². The fourth-order valence-electron chi connectivity index (χ4n) is 2.00. The fourth-order valence-corrected chi connectivity index (χ4v) is 4.16. The van der Waals surface area contributed by atoms with E-state index in [9.17, 15) is 8.42 Å². The number of hydrogen-bond acceptors (Lipinski definition) is 3. The van der Waals surface area contributed by atoms with Crippen LogP contribution in [0.2, 0.25) is 0 Å². The van der Waals surface area contributed by atoms with E-state index >= 15 is 0 Å². The lowest BCUT2D eigenvalue weighted by molar-refractivity contribution is 0.398. The average molecular weight is 449 g/mol. The summed E-state index contributed by atoms with van der Waals surface area (Å²) in [6.45, 7) is 0.220. The molecule has 0 heterocycles. The molecule has 0 fully saturated rings. The first-order chi connectivity index (χ1) is 10.3. The minimum Gasteiger partial charge on any atom is -0.496 e. The van der Waals surface area contributed by atoms with Gasteiger partial charge in [0.05, 0.1) is 12.0 Å². The number of nitrogens with zero attached hydrogens (tertiary/aromatic N) is 1. The van der Waals surface area contributed by atoms with Crippen LogP contribution in [0.15, 0.2) is 56.3 Å². The van der Waals surface area contributed by atoms with E-state index in [1.165, 1.54) is 4.31 Å². The average Bonchev–Trinajstić information content (AvgIpc) is 2.47. The van der Waals surface area contributed by atoms with Crippen LogP contribution in [0.1, 0.15) is 5.56 Å². The van der Waals surface area contributed by atoms with E-state index in [-0.39, 0.29) is 11.4 Å². The number of hydrogen-bond donors (Lipinski definition) is 0. The number of sulfonamides is 1. The molecule has 22 heavy (non-hydrogen) atoms. The van der Waals surface area contributed by atoms with Crippen molar-refractivity contribution in [3.63, 3.8) is 0 Å². The first-order valence-corrected chi connectivity index (χ1v) is 9.41. The minimum atomic E-state index is -3.57. The highest BCUT2D eigenvalue weighted by atomic mass is 79.9. The second-order valence-electron chi connectivity index (χ2n) is 4.67. The summed E-state index contributed by atoms with van der Waals surface area (Å²) >= 11 is 6.68. The van der Waals surface area contributed by atoms with Crippen molar-refractivity contribution < 1.29 is 13.2 Å². The Labute approximate surface area is 147 Å². The number of halogens is 2. The summed E-state index contributed by atoms with van der Waals surface area (Å²) in [4.78, 5) is 0.248. The highest BCUT2D eigenvalue weighted by Gasteiger charge is 2.22. The first-order valence-electron chi connectivity index (χ1n) is 6.39. The van der Waals surface area contributed by atoms with Gasteiger partial charge in [0.2, 0.25) is 10.0 Å². The van der Waals surface area contributed by atoms with Gasteiger partial charge < -0.3 is 4.74 Å². The summed E-state index contributed by atoms with van der Waals surface area (Å²) in [6.07, 6.45) is 0. The highest BCUT2D eigenvalue weighted by molar-refractivity contribution is 9.10. The highest BCUT2D eigenvalue weighted by Crippen LogP contribution is 2.26. The lowest BCUT2D eigenvalue weighted by Crippen LogP contribution is -2.26. The van der Waals surface area contributed by atoms with Crippen LogP contribution >= 0.6 is 31.9 Å². The first kappa shape index (κ1) is 17.5. The molecule has 0 amide bonds. The van der Waals surface area contributed by atoms with Crippen LogP contribution in [0.5, 0.6) is 5.75 Å². The molecule has 0 bridgehead atoms. The molecule has 0 aromatic heterocycles. The maximum atomic E-state index is 12.6. The van der Waals surface area contributed by atoms with Crippen LogP contribution in [0.4, 0.5) is 0 Å². The van der Waals surface area contributed by atoms with E-state index in [0.29, 0.717) is 5.75 Å². The third-order valence-electron chi connectivity index (χ3n) is 3.14. The third kappa shape index (κ3) is 3.90. The minimum absolute atomic E-state index is 0.220. The Hall–Kier alpha value is -0.890. The second kappa shape index (κ2) is 7.12. The summed E-state index contributed by atoms with van der Waals surface area (Å²) in [5, 5.41) is 0. The van der Waals surface area contributed by atoms with Crippen LogP contribution < -0.4 is 4.74 Å². The van der Waals surface area contributed by atoms with Gasteiger partial charge in [-0.2, -0.15) is 4.31 Å². The molecular weight excluding hydrogens is 434 g/mol. The standard InChI is InChI=1S/C15H15Br2NO3S/c1-18(10-11-8-13(17)6-7-15(11)21-2)22(19,20)14-5-3-4-12(16)9-14/h3-9H,10H2,1-2H3. The zero-order valence-electron chi connectivity index (χ0n) is 12.1. The van der Waals surface area contributed by atoms with Crippen LogP contribution in [0, 0.1) is 0 Å². The molecule has 2 aromatic carbocycles. The molecule has 118 valence electrons. The van der Waals surface area contributed by atoms with E-state index in [1.54, 1.807) is 44.5 Å². The van der Waals surface area contributed by atoms with Gasteiger partial charge in [-0.25, -0.2) is 8.42 Å². The summed E-state index contributed by atoms with van der Waals surface area (Å²) in [5.74, 6) is 0.652. The van der Waals surface area contributed by atoms with Crippen molar-refractivity contribution in [2.24, 2.45) is 0 Å². The molecular formula is C15H15Br2NO3S. The van der Waals surface area contributed by atoms with Crippen LogP contribution in [-0.2, 0) is 16.6 Å². The predicted molar refractivity (Wildman–Crippen MR) is 93.5 cm³/mol. The van der Waals surface area contributed by atoms with E-state index in [1.807, 2.05) is 12.1 Å². The van der Waals surface area contributed by atoms with Gasteiger partial charge in [0.15, 0.2) is 0 Å². The SMILES string of the molecule is COc1ccc(Br)cc1CN(C)S(=O)(=O)c1cccc(Br)c1. The quantitative estimate of drug-likeness (QED) is 0.693. The van der Waals surface area contributed by atoms with Crippen molar-refractivity contribution >= 4 is 41.9 Å². The monoisotopic (exact) mass is 447 g/mol. The molecule has 0 saturated carbocycles. The van der Waals surface area contributed by atoms with E-state index in [0.717, 1.165) is 14.5 Å². The van der Waals surface area contributed by atoms with Gasteiger partial charge in [-0.05, 0) is 36.4 Å². The molecule has 2 aromatic rings. The molecule has 0 N–H and O–H groups in total. The number of ether oxygens (including phenoxy) is 1. The van der Waals surface area contributed by atoms with Crippen molar-refractivity contribution in [2.45, 2.75) is 11.4 Å². The van der Waals surface area contributed by atoms with E-state index in [4.69, 9.17) is 4.74 Å². The van der Waals surface area contributed by atoms with Gasteiger partial charge in [0, 0.05) is 28.1 Å². The number of rotatable bonds is 5. The van der Waals surface area contributed by atoms with Gasteiger partial charge in [-0.1, -0.05) is 37.9 Å². The van der Waals surface area contributed by atoms with Crippen molar-refractivity contribution in [2.75, 3.05) is 14.2 Å². The molecule has 7 heteroatoms. The van der Waals surface area contributed by atoms with Crippen LogP contribution in [0.25, 0.3) is 0 Å². The zero-order valence-corrected chi connectivity index (χ0v) is 16.1. The molecule has 0 spiro atoms. The van der Waals surface area contributed by atoms with Gasteiger partial charge in [0.1, 0.15) is 5.75 Å². The summed E-state index contributed by atoms with van der Waals surface area (Å²) < 4.78 is 33.4. The Morgan fingerprint density at radius 1 is 1.09 bits per heavy atom. The summed E-state index contributed by atoms with van der Waals surface area (Å²) in [6, 6.07) is 12.2. The number of methoxy groups -OCH3 is 1. The van der Waals surface area contributed by atoms with E-state index < -0.39 is 10.0 Å². The van der Waals surface area contributed by atoms with Crippen molar-refractivity contribution in [1.82, 2.24) is 4.31 Å². The molecule has 0 saturated heterocycles. The largest absolute Gasteiger partial charge is 0.496 e. The molecule has 0 aliphatic heterocycles. The van der Waals surface area contributed by atoms with Gasteiger partial charge in [-0.3, -0.25) is 0 Å². The van der Waals surface area contributed by atoms with Gasteiger partial charge in [0.25, 0.3) is 0 Å². The maximum absolute atomic E-state index is 12.6. The smallest absolute Gasteiger partial charge is 0.243 e. The Bertz CT molecular complexity index is 778. The van der Waals surface area contributed by atoms with Crippen LogP contribution in [0.3, 0.4) is 0 Å². The fraction of sp³-hybridized carbons (Fsp3) is 0.200. The topological polar surface area (TPSA) is 46.6 Å². The Morgan fingerprint density at radius 3 is 2.41 bits per heavy atom. The zero-order chi connectivity index (χ0) is 16.3. The molecule has 0 radical (unpaired) electrons. The molecule has 0 atom stereocenters. The molecule has 0 unspecified atom stereocenters. The van der Waals surface area contributed by atoms with E-state index in [2.05, 4.69) is 31.9 Å². The van der Waals surface area contributed by atoms with Gasteiger partial charge in [-0.15, -0.1) is 0 Å². The van der Waals surface area contributed by atoms with Crippen molar-refractivity contribution in [3.05, 3.63) is 57.0 Å². The summed E-state index contributed by atoms with van der Waals surface area (Å²) in [5.41, 5.74) is 0.790. The van der Waals surface area contributed by atoms with Crippen molar-refractivity contribution in [3.8, 4) is 5.75 Å². The maximum Gasteiger partial charge on any atom is 0.243 e. The van der Waals surface area contributed by atoms with Crippen molar-refractivity contribution in [1.29, 1.82) is 0 Å². The lowest BCUT2D eigenvalue weighted by atomic mass is 10.2. The molecule has 2 rings (SSSR count). The predicted octanol–water partition coefficient (Wildman–Crippen LogP) is 4.04. The molecule has 4 nitrogen and oxygen atoms in total. The Morgan fingerprint density at radius 2 is 1.77 bits per heavy atom. The molecule has 0 aliphatic carbocycles. The summed E-state index contributed by atoms with van der Waals surface area (Å²) in [7, 11) is -0.448. The Kier molecular flexibility index (Phi) is 5.65. The lowest BCUT2D eigenvalue weighted by Gasteiger charge is -2.19. The Balaban J connectivity index is 2.32.